The molecule has 0 aromatic heterocycles. The number of benzene rings is 1. The molecule has 1 aliphatic rings. The summed E-state index contributed by atoms with van der Waals surface area (Å²) >= 11 is 4.93. The van der Waals surface area contributed by atoms with Crippen molar-refractivity contribution in [2.75, 3.05) is 24.7 Å². The normalized spacial score (nSPS) is 20.8. The van der Waals surface area contributed by atoms with Gasteiger partial charge < -0.3 is 15.4 Å². The lowest BCUT2D eigenvalue weighted by atomic mass is 10.1. The molecule has 4 heteroatoms. The zero-order valence-corrected chi connectivity index (χ0v) is 10.2. The van der Waals surface area contributed by atoms with Gasteiger partial charge in [-0.25, -0.2) is 0 Å². The lowest BCUT2D eigenvalue weighted by molar-refractivity contribution is 0.0989. The summed E-state index contributed by atoms with van der Waals surface area (Å²) < 4.78 is 5.41. The van der Waals surface area contributed by atoms with Crippen LogP contribution in [0.15, 0.2) is 24.3 Å². The zero-order valence-electron chi connectivity index (χ0n) is 9.35. The van der Waals surface area contributed by atoms with Gasteiger partial charge in [0.1, 0.15) is 4.99 Å². The molecule has 3 nitrogen and oxygen atoms in total. The number of hydrogen-bond acceptors (Lipinski definition) is 3. The van der Waals surface area contributed by atoms with Crippen LogP contribution in [0, 0.1) is 0 Å². The molecule has 1 heterocycles. The summed E-state index contributed by atoms with van der Waals surface area (Å²) in [5.41, 5.74) is 7.69. The van der Waals surface area contributed by atoms with Crippen LogP contribution in [0.2, 0.25) is 0 Å². The van der Waals surface area contributed by atoms with Gasteiger partial charge in [0, 0.05) is 23.8 Å². The minimum Gasteiger partial charge on any atom is -0.389 e. The van der Waals surface area contributed by atoms with Crippen LogP contribution in [0.1, 0.15) is 12.5 Å². The quantitative estimate of drug-likeness (QED) is 0.791. The molecule has 0 amide bonds. The van der Waals surface area contributed by atoms with Crippen LogP contribution >= 0.6 is 12.2 Å². The minimum absolute atomic E-state index is 0.421. The first-order valence-electron chi connectivity index (χ1n) is 5.43. The van der Waals surface area contributed by atoms with E-state index in [0.29, 0.717) is 11.0 Å². The average molecular weight is 236 g/mol. The van der Waals surface area contributed by atoms with E-state index in [1.807, 2.05) is 12.1 Å². The Labute approximate surface area is 101 Å². The molecule has 0 spiro atoms. The zero-order chi connectivity index (χ0) is 11.5. The molecule has 2 N–H and O–H groups in total. The second-order valence-electron chi connectivity index (χ2n) is 4.03. The number of nitrogens with zero attached hydrogens (tertiary/aromatic N) is 1. The molecule has 0 aliphatic carbocycles. The van der Waals surface area contributed by atoms with E-state index in [1.54, 1.807) is 0 Å². The first-order valence-corrected chi connectivity index (χ1v) is 5.83. The molecular formula is C12H16N2OS. The first-order chi connectivity index (χ1) is 7.68. The number of ether oxygens (including phenoxy) is 1. The Morgan fingerprint density at radius 2 is 2.12 bits per heavy atom. The molecule has 0 saturated carbocycles. The third kappa shape index (κ3) is 2.33. The van der Waals surface area contributed by atoms with E-state index < -0.39 is 0 Å². The maximum Gasteiger partial charge on any atom is 0.103 e. The van der Waals surface area contributed by atoms with Gasteiger partial charge in [0.15, 0.2) is 0 Å². The van der Waals surface area contributed by atoms with E-state index in [4.69, 9.17) is 22.7 Å². The number of morpholine rings is 1. The third-order valence-corrected chi connectivity index (χ3v) is 3.09. The fraction of sp³-hybridized carbons (Fsp3) is 0.417. The molecule has 1 aromatic rings. The molecule has 1 aromatic carbocycles. The van der Waals surface area contributed by atoms with E-state index in [-0.39, 0.29) is 0 Å². The highest BCUT2D eigenvalue weighted by Gasteiger charge is 2.18. The fourth-order valence-electron chi connectivity index (χ4n) is 1.93. The summed E-state index contributed by atoms with van der Waals surface area (Å²) in [6.07, 6.45) is 0. The van der Waals surface area contributed by atoms with Crippen molar-refractivity contribution in [3.8, 4) is 0 Å². The maximum absolute atomic E-state index is 5.57. The average Bonchev–Trinajstić information content (AvgIpc) is 2.30. The standard InChI is InChI=1S/C12H16N2OS/c1-9-8-15-7-6-14(9)11-4-2-10(3-5-11)12(13)16/h2-5,9H,6-8H2,1H3,(H2,13,16). The van der Waals surface area contributed by atoms with Crippen molar-refractivity contribution in [2.45, 2.75) is 13.0 Å². The Hall–Kier alpha value is -1.13. The van der Waals surface area contributed by atoms with E-state index in [9.17, 15) is 0 Å². The van der Waals surface area contributed by atoms with Crippen molar-refractivity contribution in [2.24, 2.45) is 5.73 Å². The molecule has 0 bridgehead atoms. The molecule has 1 saturated heterocycles. The fourth-order valence-corrected chi connectivity index (χ4v) is 2.06. The van der Waals surface area contributed by atoms with Gasteiger partial charge in [-0.15, -0.1) is 0 Å². The minimum atomic E-state index is 0.421. The smallest absolute Gasteiger partial charge is 0.103 e. The SMILES string of the molecule is CC1COCCN1c1ccc(C(N)=S)cc1. The summed E-state index contributed by atoms with van der Waals surface area (Å²) in [5.74, 6) is 0. The maximum atomic E-state index is 5.57. The van der Waals surface area contributed by atoms with Gasteiger partial charge in [-0.3, -0.25) is 0 Å². The molecule has 1 fully saturated rings. The second-order valence-corrected chi connectivity index (χ2v) is 4.47. The predicted octanol–water partition coefficient (Wildman–Crippen LogP) is 1.55. The molecule has 1 aliphatic heterocycles. The number of thiocarbonyl (C=S) groups is 1. The van der Waals surface area contributed by atoms with E-state index in [0.717, 1.165) is 25.3 Å². The van der Waals surface area contributed by atoms with Gasteiger partial charge in [0.2, 0.25) is 0 Å². The van der Waals surface area contributed by atoms with Gasteiger partial charge >= 0.3 is 0 Å². The Bertz CT molecular complexity index is 377. The monoisotopic (exact) mass is 236 g/mol. The van der Waals surface area contributed by atoms with Crippen molar-refractivity contribution in [1.29, 1.82) is 0 Å². The lowest BCUT2D eigenvalue weighted by Gasteiger charge is -2.35. The van der Waals surface area contributed by atoms with E-state index in [1.165, 1.54) is 5.69 Å². The van der Waals surface area contributed by atoms with Gasteiger partial charge in [0.25, 0.3) is 0 Å². The predicted molar refractivity (Wildman–Crippen MR) is 70.0 cm³/mol. The highest BCUT2D eigenvalue weighted by Crippen LogP contribution is 2.20. The molecule has 86 valence electrons. The first kappa shape index (κ1) is 11.4. The second kappa shape index (κ2) is 4.80. The number of nitrogens with two attached hydrogens (primary N) is 1. The topological polar surface area (TPSA) is 38.5 Å². The van der Waals surface area contributed by atoms with Crippen molar-refractivity contribution < 1.29 is 4.74 Å². The number of rotatable bonds is 2. The summed E-state index contributed by atoms with van der Waals surface area (Å²) in [7, 11) is 0. The summed E-state index contributed by atoms with van der Waals surface area (Å²) in [6, 6.07) is 8.50. The van der Waals surface area contributed by atoms with Crippen molar-refractivity contribution in [3.63, 3.8) is 0 Å². The lowest BCUT2D eigenvalue weighted by Crippen LogP contribution is -2.43. The Kier molecular flexibility index (Phi) is 3.41. The largest absolute Gasteiger partial charge is 0.389 e. The summed E-state index contributed by atoms with van der Waals surface area (Å²) in [5, 5.41) is 0. The van der Waals surface area contributed by atoms with Crippen LogP contribution in [-0.2, 0) is 4.74 Å². The Balaban J connectivity index is 2.17. The van der Waals surface area contributed by atoms with Crippen molar-refractivity contribution in [1.82, 2.24) is 0 Å². The van der Waals surface area contributed by atoms with Crippen molar-refractivity contribution in [3.05, 3.63) is 29.8 Å². The Morgan fingerprint density at radius 1 is 1.44 bits per heavy atom. The van der Waals surface area contributed by atoms with Crippen LogP contribution in [0.5, 0.6) is 0 Å². The molecule has 1 atom stereocenters. The molecule has 16 heavy (non-hydrogen) atoms. The van der Waals surface area contributed by atoms with Crippen LogP contribution in [-0.4, -0.2) is 30.8 Å². The number of anilines is 1. The molecule has 2 rings (SSSR count). The van der Waals surface area contributed by atoms with Crippen molar-refractivity contribution >= 4 is 22.9 Å². The molecule has 1 unspecified atom stereocenters. The highest BCUT2D eigenvalue weighted by molar-refractivity contribution is 7.80. The summed E-state index contributed by atoms with van der Waals surface area (Å²) in [4.78, 5) is 2.79. The van der Waals surface area contributed by atoms with E-state index in [2.05, 4.69) is 24.0 Å². The Morgan fingerprint density at radius 3 is 2.69 bits per heavy atom. The van der Waals surface area contributed by atoms with Gasteiger partial charge in [-0.05, 0) is 31.2 Å². The van der Waals surface area contributed by atoms with Crippen LogP contribution in [0.25, 0.3) is 0 Å². The third-order valence-electron chi connectivity index (χ3n) is 2.85. The molecule has 0 radical (unpaired) electrons. The van der Waals surface area contributed by atoms with Crippen LogP contribution < -0.4 is 10.6 Å². The van der Waals surface area contributed by atoms with Gasteiger partial charge in [-0.1, -0.05) is 12.2 Å². The summed E-state index contributed by atoms with van der Waals surface area (Å²) in [6.45, 7) is 4.69. The van der Waals surface area contributed by atoms with E-state index >= 15 is 0 Å². The van der Waals surface area contributed by atoms with Gasteiger partial charge in [-0.2, -0.15) is 0 Å². The number of hydrogen-bond donors (Lipinski definition) is 1. The van der Waals surface area contributed by atoms with Crippen LogP contribution in [0.3, 0.4) is 0 Å². The van der Waals surface area contributed by atoms with Crippen LogP contribution in [0.4, 0.5) is 5.69 Å². The molecular weight excluding hydrogens is 220 g/mol. The van der Waals surface area contributed by atoms with Gasteiger partial charge in [0.05, 0.1) is 13.2 Å². The highest BCUT2D eigenvalue weighted by atomic mass is 32.1.